The molecule has 1 aliphatic heterocycles. The van der Waals surface area contributed by atoms with E-state index in [2.05, 4.69) is 41.1 Å². The third-order valence-corrected chi connectivity index (χ3v) is 4.97. The van der Waals surface area contributed by atoms with Crippen LogP contribution >= 0.6 is 0 Å². The Balaban J connectivity index is 1.91. The Morgan fingerprint density at radius 3 is 2.88 bits per heavy atom. The smallest absolute Gasteiger partial charge is 0.323 e. The zero-order valence-corrected chi connectivity index (χ0v) is 15.2. The maximum Gasteiger partial charge on any atom is 0.323 e. The van der Waals surface area contributed by atoms with Gasteiger partial charge in [0.2, 0.25) is 0 Å². The van der Waals surface area contributed by atoms with Crippen molar-refractivity contribution in [2.24, 2.45) is 0 Å². The van der Waals surface area contributed by atoms with E-state index in [9.17, 15) is 4.79 Å². The Morgan fingerprint density at radius 1 is 1.44 bits per heavy atom. The summed E-state index contributed by atoms with van der Waals surface area (Å²) in [4.78, 5) is 21.4. The van der Waals surface area contributed by atoms with Crippen molar-refractivity contribution in [2.75, 3.05) is 27.7 Å². The summed E-state index contributed by atoms with van der Waals surface area (Å²) in [5.74, 6) is 0.783. The van der Waals surface area contributed by atoms with Crippen molar-refractivity contribution in [3.05, 3.63) is 42.7 Å². The van der Waals surface area contributed by atoms with Crippen molar-refractivity contribution in [1.82, 2.24) is 19.4 Å². The zero-order valence-electron chi connectivity index (χ0n) is 15.2. The van der Waals surface area contributed by atoms with Crippen LogP contribution in [-0.2, 0) is 22.6 Å². The Kier molecular flexibility index (Phi) is 5.20. The van der Waals surface area contributed by atoms with Crippen LogP contribution in [0.25, 0.3) is 11.0 Å². The lowest BCUT2D eigenvalue weighted by atomic mass is 10.1. The van der Waals surface area contributed by atoms with Crippen LogP contribution in [0, 0.1) is 0 Å². The van der Waals surface area contributed by atoms with Gasteiger partial charge in [0.25, 0.3) is 0 Å². The molecule has 0 spiro atoms. The molecule has 2 heterocycles. The van der Waals surface area contributed by atoms with Crippen LogP contribution in [0.15, 0.2) is 36.9 Å². The number of para-hydroxylation sites is 2. The van der Waals surface area contributed by atoms with E-state index in [1.54, 1.807) is 0 Å². The van der Waals surface area contributed by atoms with Gasteiger partial charge in [0, 0.05) is 19.1 Å². The van der Waals surface area contributed by atoms with E-state index in [4.69, 9.17) is 9.72 Å². The number of imidazole rings is 1. The average molecular weight is 342 g/mol. The van der Waals surface area contributed by atoms with Gasteiger partial charge in [0.1, 0.15) is 11.9 Å². The van der Waals surface area contributed by atoms with Crippen LogP contribution in [0.2, 0.25) is 0 Å². The quantitative estimate of drug-likeness (QED) is 0.593. The molecule has 6 heteroatoms. The molecule has 6 nitrogen and oxygen atoms in total. The molecular weight excluding hydrogens is 316 g/mol. The van der Waals surface area contributed by atoms with Crippen LogP contribution in [0.4, 0.5) is 0 Å². The number of ether oxygens (including phenoxy) is 1. The van der Waals surface area contributed by atoms with Crippen LogP contribution in [0.3, 0.4) is 0 Å². The topological polar surface area (TPSA) is 50.6 Å². The Hall–Kier alpha value is -2.18. The molecule has 0 bridgehead atoms. The van der Waals surface area contributed by atoms with E-state index >= 15 is 0 Å². The fraction of sp³-hybridized carbons (Fsp3) is 0.474. The van der Waals surface area contributed by atoms with E-state index in [1.165, 1.54) is 7.11 Å². The molecule has 1 aromatic heterocycles. The SMILES string of the molecule is C=CCn1c(CN2C[C@H](N(C)C)C[C@H]2C(=O)OC)nc2ccccc21. The number of aromatic nitrogens is 2. The zero-order chi connectivity index (χ0) is 18.0. The number of fused-ring (bicyclic) bond motifs is 1. The molecule has 0 saturated carbocycles. The molecule has 0 amide bonds. The highest BCUT2D eigenvalue weighted by Gasteiger charge is 2.38. The van der Waals surface area contributed by atoms with Gasteiger partial charge in [-0.1, -0.05) is 18.2 Å². The first kappa shape index (κ1) is 17.6. The number of nitrogens with zero attached hydrogens (tertiary/aromatic N) is 4. The molecule has 25 heavy (non-hydrogen) atoms. The minimum Gasteiger partial charge on any atom is -0.468 e. The summed E-state index contributed by atoms with van der Waals surface area (Å²) in [6.45, 7) is 6.00. The number of likely N-dealkylation sites (tertiary alicyclic amines) is 1. The molecule has 0 aliphatic carbocycles. The first-order valence-corrected chi connectivity index (χ1v) is 8.58. The summed E-state index contributed by atoms with van der Waals surface area (Å²) in [6, 6.07) is 8.20. The van der Waals surface area contributed by atoms with Crippen LogP contribution in [0.5, 0.6) is 0 Å². The number of allylic oxidation sites excluding steroid dienone is 1. The maximum atomic E-state index is 12.2. The number of carbonyl (C=O) groups excluding carboxylic acids is 1. The summed E-state index contributed by atoms with van der Waals surface area (Å²) in [5, 5.41) is 0. The van der Waals surface area contributed by atoms with Crippen molar-refractivity contribution in [2.45, 2.75) is 31.6 Å². The van der Waals surface area contributed by atoms with Gasteiger partial charge < -0.3 is 14.2 Å². The van der Waals surface area contributed by atoms with Gasteiger partial charge in [0.15, 0.2) is 0 Å². The first-order chi connectivity index (χ1) is 12.0. The molecule has 2 aromatic rings. The van der Waals surface area contributed by atoms with Crippen LogP contribution < -0.4 is 0 Å². The molecule has 134 valence electrons. The summed E-state index contributed by atoms with van der Waals surface area (Å²) in [6.07, 6.45) is 2.66. The number of hydrogen-bond acceptors (Lipinski definition) is 5. The van der Waals surface area contributed by atoms with Gasteiger partial charge in [-0.05, 0) is 32.6 Å². The number of carbonyl (C=O) groups is 1. The molecule has 1 aromatic carbocycles. The van der Waals surface area contributed by atoms with Crippen molar-refractivity contribution < 1.29 is 9.53 Å². The predicted octanol–water partition coefficient (Wildman–Crippen LogP) is 1.90. The van der Waals surface area contributed by atoms with E-state index in [0.29, 0.717) is 19.1 Å². The third-order valence-electron chi connectivity index (χ3n) is 4.97. The van der Waals surface area contributed by atoms with Gasteiger partial charge in [-0.3, -0.25) is 9.69 Å². The lowest BCUT2D eigenvalue weighted by Crippen LogP contribution is -2.37. The van der Waals surface area contributed by atoms with Gasteiger partial charge in [-0.2, -0.15) is 0 Å². The summed E-state index contributed by atoms with van der Waals surface area (Å²) >= 11 is 0. The number of rotatable bonds is 6. The third kappa shape index (κ3) is 3.45. The second-order valence-electron chi connectivity index (χ2n) is 6.74. The van der Waals surface area contributed by atoms with Crippen molar-refractivity contribution in [3.8, 4) is 0 Å². The highest BCUT2D eigenvalue weighted by molar-refractivity contribution is 5.77. The summed E-state index contributed by atoms with van der Waals surface area (Å²) in [5.41, 5.74) is 2.06. The number of methoxy groups -OCH3 is 1. The minimum atomic E-state index is -0.227. The lowest BCUT2D eigenvalue weighted by molar-refractivity contribution is -0.146. The monoisotopic (exact) mass is 342 g/mol. The Bertz CT molecular complexity index is 768. The molecule has 1 aliphatic rings. The number of hydrogen-bond donors (Lipinski definition) is 0. The van der Waals surface area contributed by atoms with E-state index in [0.717, 1.165) is 29.8 Å². The van der Waals surface area contributed by atoms with Gasteiger partial charge in [0.05, 0.1) is 24.7 Å². The number of esters is 1. The molecule has 0 N–H and O–H groups in total. The van der Waals surface area contributed by atoms with E-state index in [1.807, 2.05) is 24.3 Å². The Morgan fingerprint density at radius 2 is 2.20 bits per heavy atom. The minimum absolute atomic E-state index is 0.171. The van der Waals surface area contributed by atoms with Gasteiger partial charge >= 0.3 is 5.97 Å². The Labute approximate surface area is 148 Å². The lowest BCUT2D eigenvalue weighted by Gasteiger charge is -2.22. The van der Waals surface area contributed by atoms with Crippen LogP contribution in [-0.4, -0.2) is 65.2 Å². The fourth-order valence-electron chi connectivity index (χ4n) is 3.57. The molecule has 0 radical (unpaired) electrons. The molecule has 0 unspecified atom stereocenters. The predicted molar refractivity (Wildman–Crippen MR) is 98.2 cm³/mol. The first-order valence-electron chi connectivity index (χ1n) is 8.58. The standard InChI is InChI=1S/C19H26N4O2/c1-5-10-23-16-9-7-6-8-15(16)20-18(23)13-22-12-14(21(2)3)11-17(22)19(24)25-4/h5-9,14,17H,1,10-13H2,2-4H3/t14-,17+/m1/s1. The van der Waals surface area contributed by atoms with E-state index in [-0.39, 0.29) is 12.0 Å². The van der Waals surface area contributed by atoms with Crippen molar-refractivity contribution >= 4 is 17.0 Å². The van der Waals surface area contributed by atoms with Crippen molar-refractivity contribution in [1.29, 1.82) is 0 Å². The molecule has 2 atom stereocenters. The number of likely N-dealkylation sites (N-methyl/N-ethyl adjacent to an activating group) is 1. The second kappa shape index (κ2) is 7.37. The fourth-order valence-corrected chi connectivity index (χ4v) is 3.57. The average Bonchev–Trinajstić information content (AvgIpc) is 3.17. The highest BCUT2D eigenvalue weighted by Crippen LogP contribution is 2.25. The van der Waals surface area contributed by atoms with E-state index < -0.39 is 0 Å². The maximum absolute atomic E-state index is 12.2. The molecule has 1 fully saturated rings. The van der Waals surface area contributed by atoms with Gasteiger partial charge in [-0.25, -0.2) is 4.98 Å². The second-order valence-corrected chi connectivity index (χ2v) is 6.74. The normalized spacial score (nSPS) is 21.1. The van der Waals surface area contributed by atoms with Gasteiger partial charge in [-0.15, -0.1) is 6.58 Å². The largest absolute Gasteiger partial charge is 0.468 e. The molecular formula is C19H26N4O2. The molecule has 3 rings (SSSR count). The highest BCUT2D eigenvalue weighted by atomic mass is 16.5. The number of benzene rings is 1. The summed E-state index contributed by atoms with van der Waals surface area (Å²) in [7, 11) is 5.56. The summed E-state index contributed by atoms with van der Waals surface area (Å²) < 4.78 is 7.19. The van der Waals surface area contributed by atoms with Crippen molar-refractivity contribution in [3.63, 3.8) is 0 Å². The molecule has 1 saturated heterocycles. The van der Waals surface area contributed by atoms with Crippen LogP contribution in [0.1, 0.15) is 12.2 Å².